The molecule has 122 valence electrons. The molecule has 0 aliphatic rings. The summed E-state index contributed by atoms with van der Waals surface area (Å²) in [6, 6.07) is 9.73. The third-order valence-corrected chi connectivity index (χ3v) is 6.58. The van der Waals surface area contributed by atoms with Crippen LogP contribution in [-0.4, -0.2) is 51.8 Å². The average Bonchev–Trinajstić information content (AvgIpc) is 2.49. The predicted molar refractivity (Wildman–Crippen MR) is 84.0 cm³/mol. The molecule has 5 nitrogen and oxygen atoms in total. The minimum atomic E-state index is -1.02. The number of aliphatic hydroxyl groups is 1. The van der Waals surface area contributed by atoms with E-state index in [1.165, 1.54) is 14.2 Å². The zero-order valence-corrected chi connectivity index (χ0v) is 15.0. The second-order valence-corrected chi connectivity index (χ2v) is 8.09. The summed E-state index contributed by atoms with van der Waals surface area (Å²) in [5, 5.41) is 10.4. The van der Waals surface area contributed by atoms with Crippen LogP contribution in [0.25, 0.3) is 0 Å². The quantitative estimate of drug-likeness (QED) is 0.437. The third kappa shape index (κ3) is 5.44. The first kappa shape index (κ1) is 18.7. The molecule has 1 N–H and O–H groups in total. The van der Waals surface area contributed by atoms with Gasteiger partial charge in [-0.25, -0.2) is 0 Å². The number of hydrogen-bond acceptors (Lipinski definition) is 5. The van der Waals surface area contributed by atoms with Crippen molar-refractivity contribution < 1.29 is 24.2 Å². The Morgan fingerprint density at radius 3 is 2.05 bits per heavy atom. The number of methoxy groups -OCH3 is 2. The first-order chi connectivity index (χ1) is 10.3. The van der Waals surface area contributed by atoms with Crippen LogP contribution in [0.3, 0.4) is 0 Å². The van der Waals surface area contributed by atoms with Gasteiger partial charge in [-0.3, -0.25) is 0 Å². The van der Waals surface area contributed by atoms with Gasteiger partial charge < -0.3 is 0 Å². The molecule has 0 aliphatic carbocycles. The van der Waals surface area contributed by atoms with Crippen LogP contribution in [0.5, 0.6) is 0 Å². The Labute approximate surface area is 137 Å². The number of carbonyl (C=O) groups is 2. The predicted octanol–water partition coefficient (Wildman–Crippen LogP) is 0.928. The van der Waals surface area contributed by atoms with Gasteiger partial charge in [0.15, 0.2) is 0 Å². The summed E-state index contributed by atoms with van der Waals surface area (Å²) in [5.41, 5.74) is -1.02. The zero-order valence-electron chi connectivity index (χ0n) is 13.2. The van der Waals surface area contributed by atoms with Crippen molar-refractivity contribution in [1.82, 2.24) is 0 Å². The number of esters is 2. The molecule has 1 aromatic rings. The maximum atomic E-state index is 11.8. The Morgan fingerprint density at radius 1 is 1.14 bits per heavy atom. The molecule has 1 atom stereocenters. The SMILES string of the molecule is COC(=O)C(CC([Se]c1ccccc1)C(C)(C)O)C(=O)OC. The van der Waals surface area contributed by atoms with Crippen LogP contribution >= 0.6 is 0 Å². The molecule has 0 bridgehead atoms. The van der Waals surface area contributed by atoms with E-state index in [0.717, 1.165) is 4.46 Å². The van der Waals surface area contributed by atoms with Gasteiger partial charge in [-0.1, -0.05) is 0 Å². The van der Waals surface area contributed by atoms with E-state index >= 15 is 0 Å². The molecule has 1 aromatic carbocycles. The third-order valence-electron chi connectivity index (χ3n) is 3.23. The fourth-order valence-electron chi connectivity index (χ4n) is 1.93. The van der Waals surface area contributed by atoms with Crippen LogP contribution in [-0.2, 0) is 19.1 Å². The minimum absolute atomic E-state index is 0.0974. The van der Waals surface area contributed by atoms with Gasteiger partial charge in [0.2, 0.25) is 0 Å². The normalized spacial score (nSPS) is 12.8. The first-order valence-corrected chi connectivity index (χ1v) is 8.74. The van der Waals surface area contributed by atoms with E-state index in [1.807, 2.05) is 30.3 Å². The van der Waals surface area contributed by atoms with E-state index in [-0.39, 0.29) is 26.2 Å². The monoisotopic (exact) mass is 374 g/mol. The molecule has 0 spiro atoms. The zero-order chi connectivity index (χ0) is 16.8. The van der Waals surface area contributed by atoms with Gasteiger partial charge in [-0.15, -0.1) is 0 Å². The Balaban J connectivity index is 2.96. The van der Waals surface area contributed by atoms with E-state index in [1.54, 1.807) is 13.8 Å². The Hall–Kier alpha value is -1.36. The Morgan fingerprint density at radius 2 is 1.64 bits per heavy atom. The van der Waals surface area contributed by atoms with Gasteiger partial charge in [0.1, 0.15) is 0 Å². The van der Waals surface area contributed by atoms with Crippen molar-refractivity contribution >= 4 is 31.4 Å². The van der Waals surface area contributed by atoms with E-state index < -0.39 is 23.5 Å². The van der Waals surface area contributed by atoms with E-state index in [2.05, 4.69) is 9.47 Å². The summed E-state index contributed by atoms with van der Waals surface area (Å²) < 4.78 is 10.5. The number of ether oxygens (including phenoxy) is 2. The molecule has 0 radical (unpaired) electrons. The second-order valence-electron chi connectivity index (χ2n) is 5.41. The number of rotatable bonds is 7. The van der Waals surface area contributed by atoms with Gasteiger partial charge in [-0.05, 0) is 0 Å². The summed E-state index contributed by atoms with van der Waals surface area (Å²) in [6.45, 7) is 3.38. The van der Waals surface area contributed by atoms with Gasteiger partial charge in [0.05, 0.1) is 0 Å². The molecule has 22 heavy (non-hydrogen) atoms. The van der Waals surface area contributed by atoms with Crippen molar-refractivity contribution in [1.29, 1.82) is 0 Å². The molecular formula is C16H22O5Se. The molecule has 0 aliphatic heterocycles. The molecule has 0 saturated heterocycles. The van der Waals surface area contributed by atoms with E-state index in [9.17, 15) is 14.7 Å². The molecular weight excluding hydrogens is 351 g/mol. The molecule has 1 unspecified atom stereocenters. The Kier molecular flexibility index (Phi) is 7.07. The van der Waals surface area contributed by atoms with Crippen LogP contribution in [0.4, 0.5) is 0 Å². The van der Waals surface area contributed by atoms with E-state index in [4.69, 9.17) is 0 Å². The molecule has 1 rings (SSSR count). The summed E-state index contributed by atoms with van der Waals surface area (Å²) >= 11 is -0.0974. The van der Waals surface area contributed by atoms with Crippen molar-refractivity contribution in [3.05, 3.63) is 30.3 Å². The van der Waals surface area contributed by atoms with E-state index in [0.29, 0.717) is 0 Å². The van der Waals surface area contributed by atoms with Crippen LogP contribution in [0.2, 0.25) is 4.82 Å². The van der Waals surface area contributed by atoms with Crippen molar-refractivity contribution in [3.8, 4) is 0 Å². The maximum absolute atomic E-state index is 11.8. The van der Waals surface area contributed by atoms with Crippen LogP contribution in [0, 0.1) is 5.92 Å². The molecule has 0 heterocycles. The van der Waals surface area contributed by atoms with Crippen LogP contribution < -0.4 is 4.46 Å². The number of benzene rings is 1. The fraction of sp³-hybridized carbons (Fsp3) is 0.500. The van der Waals surface area contributed by atoms with Crippen molar-refractivity contribution in [2.45, 2.75) is 30.7 Å². The van der Waals surface area contributed by atoms with Crippen LogP contribution in [0.15, 0.2) is 30.3 Å². The van der Waals surface area contributed by atoms with Crippen molar-refractivity contribution in [2.24, 2.45) is 5.92 Å². The van der Waals surface area contributed by atoms with Crippen molar-refractivity contribution in [3.63, 3.8) is 0 Å². The summed E-state index contributed by atoms with van der Waals surface area (Å²) in [6.07, 6.45) is 0.192. The fourth-order valence-corrected chi connectivity index (χ4v) is 4.49. The molecule has 0 aromatic heterocycles. The molecule has 0 fully saturated rings. The van der Waals surface area contributed by atoms with Gasteiger partial charge in [-0.2, -0.15) is 0 Å². The van der Waals surface area contributed by atoms with Gasteiger partial charge >= 0.3 is 137 Å². The van der Waals surface area contributed by atoms with Gasteiger partial charge in [0, 0.05) is 0 Å². The number of hydrogen-bond donors (Lipinski definition) is 1. The Bertz CT molecular complexity index is 479. The summed E-state index contributed by atoms with van der Waals surface area (Å²) in [5.74, 6) is -2.29. The summed E-state index contributed by atoms with van der Waals surface area (Å²) in [7, 11) is 2.47. The molecule has 0 amide bonds. The summed E-state index contributed by atoms with van der Waals surface area (Å²) in [4.78, 5) is 23.4. The first-order valence-electron chi connectivity index (χ1n) is 6.89. The second kappa shape index (κ2) is 8.32. The van der Waals surface area contributed by atoms with Crippen LogP contribution in [0.1, 0.15) is 20.3 Å². The topological polar surface area (TPSA) is 72.8 Å². The van der Waals surface area contributed by atoms with Crippen molar-refractivity contribution in [2.75, 3.05) is 14.2 Å². The molecule has 6 heteroatoms. The molecule has 0 saturated carbocycles. The van der Waals surface area contributed by atoms with Gasteiger partial charge in [0.25, 0.3) is 0 Å². The number of carbonyl (C=O) groups excluding carboxylic acids is 2. The average molecular weight is 373 g/mol. The standard InChI is InChI=1S/C16H22O5Se/c1-16(2,19)13(22-11-8-6-5-7-9-11)10-12(14(17)20-3)15(18)21-4/h5-9,12-13,19H,10H2,1-4H3.